The molecule has 1 aliphatic carbocycles. The number of esters is 1. The Morgan fingerprint density at radius 1 is 1.03 bits per heavy atom. The summed E-state index contributed by atoms with van der Waals surface area (Å²) in [5.74, 6) is -1.05. The molecule has 1 heterocycles. The number of carbonyl (C=O) groups is 4. The van der Waals surface area contributed by atoms with E-state index in [1.165, 1.54) is 17.4 Å². The molecule has 0 bridgehead atoms. The number of ketones is 1. The van der Waals surface area contributed by atoms with Crippen LogP contribution in [0.4, 0.5) is 4.79 Å². The molecular formula is C21H22N2O6. The van der Waals surface area contributed by atoms with E-state index >= 15 is 0 Å². The van der Waals surface area contributed by atoms with Gasteiger partial charge in [0.1, 0.15) is 5.76 Å². The zero-order valence-corrected chi connectivity index (χ0v) is 15.9. The zero-order valence-electron chi connectivity index (χ0n) is 15.9. The number of furan rings is 1. The molecule has 2 aromatic rings. The van der Waals surface area contributed by atoms with E-state index in [0.29, 0.717) is 11.3 Å². The lowest BCUT2D eigenvalue weighted by molar-refractivity contribution is -0.148. The van der Waals surface area contributed by atoms with Gasteiger partial charge in [0.05, 0.1) is 19.2 Å². The van der Waals surface area contributed by atoms with E-state index in [4.69, 9.17) is 9.15 Å². The summed E-state index contributed by atoms with van der Waals surface area (Å²) in [5.41, 5.74) is 3.06. The lowest BCUT2D eigenvalue weighted by atomic mass is 10.0. The van der Waals surface area contributed by atoms with Crippen molar-refractivity contribution in [1.82, 2.24) is 10.6 Å². The average molecular weight is 398 g/mol. The third-order valence-corrected chi connectivity index (χ3v) is 4.60. The molecule has 8 nitrogen and oxygen atoms in total. The fraction of sp³-hybridized carbons (Fsp3) is 0.333. The van der Waals surface area contributed by atoms with Crippen molar-refractivity contribution < 1.29 is 28.3 Å². The van der Waals surface area contributed by atoms with Crippen LogP contribution in [0, 0.1) is 0 Å². The third kappa shape index (κ3) is 6.03. The van der Waals surface area contributed by atoms with Crippen molar-refractivity contribution >= 4 is 23.7 Å². The Bertz CT molecular complexity index is 904. The Balaban J connectivity index is 1.33. The molecule has 3 rings (SSSR count). The van der Waals surface area contributed by atoms with E-state index in [-0.39, 0.29) is 25.2 Å². The van der Waals surface area contributed by atoms with Gasteiger partial charge in [-0.3, -0.25) is 19.7 Å². The highest BCUT2D eigenvalue weighted by Gasteiger charge is 2.16. The number of amides is 3. The molecule has 8 heteroatoms. The summed E-state index contributed by atoms with van der Waals surface area (Å²) in [6.45, 7) is -0.475. The second-order valence-corrected chi connectivity index (χ2v) is 6.73. The number of hydrogen-bond donors (Lipinski definition) is 2. The summed E-state index contributed by atoms with van der Waals surface area (Å²) in [7, 11) is 0. The lowest BCUT2D eigenvalue weighted by Crippen LogP contribution is -2.41. The number of fused-ring (bicyclic) bond motifs is 1. The van der Waals surface area contributed by atoms with Crippen molar-refractivity contribution in [3.8, 4) is 0 Å². The van der Waals surface area contributed by atoms with Crippen LogP contribution >= 0.6 is 0 Å². The van der Waals surface area contributed by atoms with E-state index in [1.54, 1.807) is 18.2 Å². The van der Waals surface area contributed by atoms with Gasteiger partial charge in [0.25, 0.3) is 5.91 Å². The van der Waals surface area contributed by atoms with Crippen LogP contribution in [0.1, 0.15) is 46.5 Å². The maximum atomic E-state index is 12.3. The molecule has 0 spiro atoms. The second-order valence-electron chi connectivity index (χ2n) is 6.73. The molecule has 0 unspecified atom stereocenters. The predicted molar refractivity (Wildman–Crippen MR) is 102 cm³/mol. The predicted octanol–water partition coefficient (Wildman–Crippen LogP) is 2.30. The first-order valence-electron chi connectivity index (χ1n) is 9.42. The first-order valence-corrected chi connectivity index (χ1v) is 9.42. The molecule has 1 aromatic carbocycles. The fourth-order valence-electron chi connectivity index (χ4n) is 3.11. The molecule has 1 aliphatic rings. The molecule has 1 aromatic heterocycles. The van der Waals surface area contributed by atoms with Gasteiger partial charge in [-0.15, -0.1) is 0 Å². The molecule has 2 N–H and O–H groups in total. The number of Topliss-reactive ketones (excluding diaryl/α,β-unsaturated/α-hetero) is 1. The van der Waals surface area contributed by atoms with Gasteiger partial charge in [0.15, 0.2) is 12.4 Å². The number of hydrogen-bond acceptors (Lipinski definition) is 6. The highest BCUT2D eigenvalue weighted by atomic mass is 16.5. The molecule has 0 aliphatic heterocycles. The molecule has 0 fully saturated rings. The molecule has 0 saturated heterocycles. The van der Waals surface area contributed by atoms with Gasteiger partial charge in [0.2, 0.25) is 0 Å². The smallest absolute Gasteiger partial charge is 0.321 e. The topological polar surface area (TPSA) is 115 Å². The van der Waals surface area contributed by atoms with Crippen LogP contribution in [0.25, 0.3) is 0 Å². The SMILES string of the molecule is O=C(COC(=O)CCC(=O)c1ccc2c(c1)CCC2)NC(=O)NCc1ccco1. The van der Waals surface area contributed by atoms with Gasteiger partial charge in [-0.1, -0.05) is 12.1 Å². The molecule has 0 saturated carbocycles. The Labute approximate surface area is 167 Å². The van der Waals surface area contributed by atoms with E-state index in [1.807, 2.05) is 17.4 Å². The first kappa shape index (κ1) is 20.3. The average Bonchev–Trinajstić information content (AvgIpc) is 3.39. The fourth-order valence-corrected chi connectivity index (χ4v) is 3.11. The Morgan fingerprint density at radius 3 is 2.66 bits per heavy atom. The molecule has 0 radical (unpaired) electrons. The minimum absolute atomic E-state index is 0.00285. The van der Waals surface area contributed by atoms with Gasteiger partial charge in [-0.25, -0.2) is 4.79 Å². The number of ether oxygens (including phenoxy) is 1. The quantitative estimate of drug-likeness (QED) is 0.521. The van der Waals surface area contributed by atoms with Crippen molar-refractivity contribution in [2.75, 3.05) is 6.61 Å². The summed E-state index contributed by atoms with van der Waals surface area (Å²) in [6, 6.07) is 8.27. The second kappa shape index (κ2) is 9.68. The summed E-state index contributed by atoms with van der Waals surface area (Å²) < 4.78 is 9.86. The highest BCUT2D eigenvalue weighted by molar-refractivity contribution is 5.98. The Kier molecular flexibility index (Phi) is 6.78. The maximum absolute atomic E-state index is 12.3. The normalized spacial score (nSPS) is 12.1. The van der Waals surface area contributed by atoms with Crippen LogP contribution in [0.15, 0.2) is 41.0 Å². The van der Waals surface area contributed by atoms with Crippen LogP contribution in [0.3, 0.4) is 0 Å². The lowest BCUT2D eigenvalue weighted by Gasteiger charge is -2.07. The van der Waals surface area contributed by atoms with Gasteiger partial charge in [-0.05, 0) is 48.6 Å². The van der Waals surface area contributed by atoms with Gasteiger partial charge in [0, 0.05) is 12.0 Å². The minimum Gasteiger partial charge on any atom is -0.467 e. The molecule has 0 atom stereocenters. The number of aryl methyl sites for hydroxylation is 2. The number of rotatable bonds is 8. The van der Waals surface area contributed by atoms with Crippen LogP contribution in [0.2, 0.25) is 0 Å². The van der Waals surface area contributed by atoms with Crippen molar-refractivity contribution in [1.29, 1.82) is 0 Å². The zero-order chi connectivity index (χ0) is 20.6. The summed E-state index contributed by atoms with van der Waals surface area (Å²) in [4.78, 5) is 47.2. The standard InChI is InChI=1S/C21H22N2O6/c24-18(16-7-6-14-3-1-4-15(14)11-16)8-9-20(26)29-13-19(25)23-21(27)22-12-17-5-2-10-28-17/h2,5-7,10-11H,1,3-4,8-9,12-13H2,(H2,22,23,25,27). The van der Waals surface area contributed by atoms with Crippen molar-refractivity contribution in [3.63, 3.8) is 0 Å². The Morgan fingerprint density at radius 2 is 1.86 bits per heavy atom. The molecule has 152 valence electrons. The van der Waals surface area contributed by atoms with Gasteiger partial charge >= 0.3 is 12.0 Å². The van der Waals surface area contributed by atoms with Gasteiger partial charge < -0.3 is 14.5 Å². The van der Waals surface area contributed by atoms with Crippen molar-refractivity contribution in [2.24, 2.45) is 0 Å². The van der Waals surface area contributed by atoms with E-state index in [2.05, 4.69) is 5.32 Å². The molecule has 3 amide bonds. The van der Waals surface area contributed by atoms with Crippen LogP contribution in [-0.4, -0.2) is 30.3 Å². The summed E-state index contributed by atoms with van der Waals surface area (Å²) >= 11 is 0. The number of urea groups is 1. The van der Waals surface area contributed by atoms with Crippen molar-refractivity contribution in [2.45, 2.75) is 38.6 Å². The number of benzene rings is 1. The summed E-state index contributed by atoms with van der Waals surface area (Å²) in [5, 5.41) is 4.47. The monoisotopic (exact) mass is 398 g/mol. The molecule has 29 heavy (non-hydrogen) atoms. The highest BCUT2D eigenvalue weighted by Crippen LogP contribution is 2.23. The first-order chi connectivity index (χ1) is 14.0. The number of carbonyl (C=O) groups excluding carboxylic acids is 4. The van der Waals surface area contributed by atoms with E-state index in [0.717, 1.165) is 19.3 Å². The largest absolute Gasteiger partial charge is 0.467 e. The van der Waals surface area contributed by atoms with Gasteiger partial charge in [-0.2, -0.15) is 0 Å². The maximum Gasteiger partial charge on any atom is 0.321 e. The Hall–Kier alpha value is -3.42. The van der Waals surface area contributed by atoms with Crippen LogP contribution in [-0.2, 0) is 33.7 Å². The molecular weight excluding hydrogens is 376 g/mol. The van der Waals surface area contributed by atoms with E-state index in [9.17, 15) is 19.2 Å². The number of imide groups is 1. The van der Waals surface area contributed by atoms with Crippen molar-refractivity contribution in [3.05, 3.63) is 59.0 Å². The number of nitrogens with one attached hydrogen (secondary N) is 2. The van der Waals surface area contributed by atoms with Crippen LogP contribution < -0.4 is 10.6 Å². The summed E-state index contributed by atoms with van der Waals surface area (Å²) in [6.07, 6.45) is 4.45. The third-order valence-electron chi connectivity index (χ3n) is 4.60. The van der Waals surface area contributed by atoms with Crippen LogP contribution in [0.5, 0.6) is 0 Å². The van der Waals surface area contributed by atoms with E-state index < -0.39 is 24.5 Å². The minimum atomic E-state index is -0.764.